The summed E-state index contributed by atoms with van der Waals surface area (Å²) in [4.78, 5) is 21.8. The summed E-state index contributed by atoms with van der Waals surface area (Å²) in [6.45, 7) is 7.84. The van der Waals surface area contributed by atoms with Gasteiger partial charge in [0.05, 0.1) is 6.21 Å². The van der Waals surface area contributed by atoms with E-state index in [1.807, 2.05) is 13.1 Å². The number of nitrogens with zero attached hydrogens (tertiary/aromatic N) is 3. The highest BCUT2D eigenvalue weighted by Crippen LogP contribution is 2.44. The van der Waals surface area contributed by atoms with Gasteiger partial charge in [-0.25, -0.2) is 4.79 Å². The Morgan fingerprint density at radius 3 is 2.27 bits per heavy atom. The Bertz CT molecular complexity index is 861. The Morgan fingerprint density at radius 1 is 1.07 bits per heavy atom. The summed E-state index contributed by atoms with van der Waals surface area (Å²) in [7, 11) is 0. The van der Waals surface area contributed by atoms with Crippen LogP contribution < -0.4 is 0 Å². The van der Waals surface area contributed by atoms with Gasteiger partial charge in [0.15, 0.2) is 0 Å². The Hall–Kier alpha value is -2.86. The van der Waals surface area contributed by atoms with Crippen molar-refractivity contribution in [1.82, 2.24) is 9.80 Å². The zero-order chi connectivity index (χ0) is 20.9. The fourth-order valence-corrected chi connectivity index (χ4v) is 4.30. The summed E-state index contributed by atoms with van der Waals surface area (Å²) in [5.41, 5.74) is 4.95. The van der Waals surface area contributed by atoms with Gasteiger partial charge in [0.25, 0.3) is 0 Å². The Labute approximate surface area is 178 Å². The zero-order valence-electron chi connectivity index (χ0n) is 17.7. The summed E-state index contributed by atoms with van der Waals surface area (Å²) in [5, 5.41) is 3.96. The molecule has 0 spiro atoms. The van der Waals surface area contributed by atoms with Crippen LogP contribution in [0.25, 0.3) is 11.1 Å². The molecule has 1 unspecified atom stereocenters. The lowest BCUT2D eigenvalue weighted by molar-refractivity contribution is 0.0712. The van der Waals surface area contributed by atoms with Gasteiger partial charge in [0, 0.05) is 38.1 Å². The van der Waals surface area contributed by atoms with Crippen molar-refractivity contribution >= 4 is 12.3 Å². The first-order valence-corrected chi connectivity index (χ1v) is 10.7. The van der Waals surface area contributed by atoms with Gasteiger partial charge in [0.2, 0.25) is 0 Å². The normalized spacial score (nSPS) is 17.6. The Balaban J connectivity index is 1.33. The number of ether oxygens (including phenoxy) is 1. The number of carbonyl (C=O) groups is 1. The number of oxime groups is 1. The Kier molecular flexibility index (Phi) is 6.33. The number of rotatable bonds is 6. The van der Waals surface area contributed by atoms with Crippen molar-refractivity contribution in [3.05, 3.63) is 59.7 Å². The van der Waals surface area contributed by atoms with Crippen LogP contribution in [0, 0.1) is 0 Å². The lowest BCUT2D eigenvalue weighted by atomic mass is 9.98. The van der Waals surface area contributed by atoms with E-state index in [2.05, 4.69) is 65.5 Å². The second-order valence-electron chi connectivity index (χ2n) is 7.74. The average molecular weight is 408 g/mol. The molecule has 30 heavy (non-hydrogen) atoms. The van der Waals surface area contributed by atoms with E-state index < -0.39 is 0 Å². The van der Waals surface area contributed by atoms with Crippen molar-refractivity contribution < 1.29 is 14.4 Å². The SMILES string of the molecule is CCON=CC(C)N1CCN(C(=O)OCC2c3ccccc3-c3ccccc32)CC1. The van der Waals surface area contributed by atoms with E-state index in [4.69, 9.17) is 9.57 Å². The van der Waals surface area contributed by atoms with E-state index in [0.717, 1.165) is 13.1 Å². The molecule has 0 N–H and O–H groups in total. The monoisotopic (exact) mass is 407 g/mol. The number of amides is 1. The first-order chi connectivity index (χ1) is 14.7. The zero-order valence-corrected chi connectivity index (χ0v) is 17.7. The van der Waals surface area contributed by atoms with Gasteiger partial charge in [-0.3, -0.25) is 4.90 Å². The lowest BCUT2D eigenvalue weighted by Crippen LogP contribution is -2.51. The van der Waals surface area contributed by atoms with Crippen LogP contribution in [0.3, 0.4) is 0 Å². The highest BCUT2D eigenvalue weighted by Gasteiger charge is 2.30. The maximum Gasteiger partial charge on any atom is 0.409 e. The van der Waals surface area contributed by atoms with Gasteiger partial charge >= 0.3 is 6.09 Å². The van der Waals surface area contributed by atoms with Gasteiger partial charge in [0.1, 0.15) is 13.2 Å². The third-order valence-corrected chi connectivity index (χ3v) is 5.96. The van der Waals surface area contributed by atoms with Crippen molar-refractivity contribution in [2.45, 2.75) is 25.8 Å². The molecule has 0 radical (unpaired) electrons. The lowest BCUT2D eigenvalue weighted by Gasteiger charge is -2.36. The van der Waals surface area contributed by atoms with Crippen LogP contribution in [0.5, 0.6) is 0 Å². The minimum Gasteiger partial charge on any atom is -0.448 e. The van der Waals surface area contributed by atoms with Crippen molar-refractivity contribution in [2.75, 3.05) is 39.4 Å². The molecule has 1 atom stereocenters. The Morgan fingerprint density at radius 2 is 1.67 bits per heavy atom. The molecule has 6 heteroatoms. The number of carbonyl (C=O) groups excluding carboxylic acids is 1. The number of piperazine rings is 1. The van der Waals surface area contributed by atoms with Gasteiger partial charge in [-0.2, -0.15) is 0 Å². The fourth-order valence-electron chi connectivity index (χ4n) is 4.30. The second-order valence-corrected chi connectivity index (χ2v) is 7.74. The van der Waals surface area contributed by atoms with Crippen LogP contribution in [0.4, 0.5) is 4.79 Å². The largest absolute Gasteiger partial charge is 0.448 e. The molecule has 1 amide bonds. The molecule has 0 aromatic heterocycles. The summed E-state index contributed by atoms with van der Waals surface area (Å²) < 4.78 is 5.78. The molecule has 158 valence electrons. The second kappa shape index (κ2) is 9.30. The van der Waals surface area contributed by atoms with Crippen LogP contribution in [0.15, 0.2) is 53.7 Å². The number of benzene rings is 2. The molecule has 1 aliphatic carbocycles. The number of hydrogen-bond donors (Lipinski definition) is 0. The van der Waals surface area contributed by atoms with Crippen LogP contribution in [-0.4, -0.2) is 67.5 Å². The molecule has 0 saturated carbocycles. The van der Waals surface area contributed by atoms with E-state index in [1.165, 1.54) is 22.3 Å². The molecule has 1 aliphatic heterocycles. The van der Waals surface area contributed by atoms with Crippen LogP contribution in [0.1, 0.15) is 30.9 Å². The molecule has 2 aromatic carbocycles. The predicted molar refractivity (Wildman–Crippen MR) is 118 cm³/mol. The third-order valence-electron chi connectivity index (χ3n) is 5.96. The first kappa shape index (κ1) is 20.4. The molecule has 4 rings (SSSR count). The molecule has 2 aromatic rings. The molecule has 2 aliphatic rings. The fraction of sp³-hybridized carbons (Fsp3) is 0.417. The molecule has 6 nitrogen and oxygen atoms in total. The molecular formula is C24H29N3O3. The van der Waals surface area contributed by atoms with Crippen LogP contribution in [0.2, 0.25) is 0 Å². The summed E-state index contributed by atoms with van der Waals surface area (Å²) >= 11 is 0. The first-order valence-electron chi connectivity index (χ1n) is 10.7. The van der Waals surface area contributed by atoms with Crippen molar-refractivity contribution in [1.29, 1.82) is 0 Å². The highest BCUT2D eigenvalue weighted by atomic mass is 16.6. The van der Waals surface area contributed by atoms with Crippen molar-refractivity contribution in [3.63, 3.8) is 0 Å². The molecule has 1 heterocycles. The predicted octanol–water partition coefficient (Wildman–Crippen LogP) is 3.96. The molecule has 1 saturated heterocycles. The quantitative estimate of drug-likeness (QED) is 0.537. The van der Waals surface area contributed by atoms with Crippen LogP contribution in [-0.2, 0) is 9.57 Å². The number of hydrogen-bond acceptors (Lipinski definition) is 5. The minimum absolute atomic E-state index is 0.0949. The van der Waals surface area contributed by atoms with Gasteiger partial charge in [-0.1, -0.05) is 53.7 Å². The van der Waals surface area contributed by atoms with Crippen molar-refractivity contribution in [2.24, 2.45) is 5.16 Å². The summed E-state index contributed by atoms with van der Waals surface area (Å²) in [5.74, 6) is 0.0949. The summed E-state index contributed by atoms with van der Waals surface area (Å²) in [6, 6.07) is 17.0. The maximum absolute atomic E-state index is 12.7. The van der Waals surface area contributed by atoms with Gasteiger partial charge < -0.3 is 14.5 Å². The van der Waals surface area contributed by atoms with Crippen molar-refractivity contribution in [3.8, 4) is 11.1 Å². The molecule has 0 bridgehead atoms. The topological polar surface area (TPSA) is 54.4 Å². The third kappa shape index (κ3) is 4.19. The summed E-state index contributed by atoms with van der Waals surface area (Å²) in [6.07, 6.45) is 1.58. The van der Waals surface area contributed by atoms with E-state index >= 15 is 0 Å². The molecular weight excluding hydrogens is 378 g/mol. The smallest absolute Gasteiger partial charge is 0.409 e. The van der Waals surface area contributed by atoms with E-state index in [-0.39, 0.29) is 18.1 Å². The van der Waals surface area contributed by atoms with E-state index in [1.54, 1.807) is 4.90 Å². The maximum atomic E-state index is 12.7. The van der Waals surface area contributed by atoms with Gasteiger partial charge in [-0.05, 0) is 36.1 Å². The average Bonchev–Trinajstić information content (AvgIpc) is 3.11. The van der Waals surface area contributed by atoms with Crippen LogP contribution >= 0.6 is 0 Å². The van der Waals surface area contributed by atoms with E-state index in [9.17, 15) is 4.79 Å². The standard InChI is InChI=1S/C24H29N3O3/c1-3-30-25-16-18(2)26-12-14-27(15-13-26)24(28)29-17-23-21-10-6-4-8-19(21)20-9-5-7-11-22(20)23/h4-11,16,18,23H,3,12-15,17H2,1-2H3. The minimum atomic E-state index is -0.229. The number of fused-ring (bicyclic) bond motifs is 3. The van der Waals surface area contributed by atoms with Gasteiger partial charge in [-0.15, -0.1) is 0 Å². The van der Waals surface area contributed by atoms with E-state index in [0.29, 0.717) is 26.3 Å². The molecule has 1 fully saturated rings. The highest BCUT2D eigenvalue weighted by molar-refractivity contribution is 5.79.